The summed E-state index contributed by atoms with van der Waals surface area (Å²) in [6.07, 6.45) is 3.36. The Labute approximate surface area is 145 Å². The summed E-state index contributed by atoms with van der Waals surface area (Å²) in [7, 11) is 1.49. The Morgan fingerprint density at radius 3 is 2.58 bits per heavy atom. The van der Waals surface area contributed by atoms with Crippen LogP contribution in [0.2, 0.25) is 0 Å². The van der Waals surface area contributed by atoms with Gasteiger partial charge in [-0.3, -0.25) is 29.1 Å². The Bertz CT molecular complexity index is 855. The minimum Gasteiger partial charge on any atom is -0.478 e. The monoisotopic (exact) mass is 365 g/mol. The molecule has 0 aromatic carbocycles. The van der Waals surface area contributed by atoms with Gasteiger partial charge in [0, 0.05) is 26.3 Å². The van der Waals surface area contributed by atoms with E-state index in [4.69, 9.17) is 5.11 Å². The third-order valence-corrected chi connectivity index (χ3v) is 3.14. The largest absolute Gasteiger partial charge is 0.478 e. The molecule has 2 aromatic heterocycles. The summed E-state index contributed by atoms with van der Waals surface area (Å²) in [4.78, 5) is 44.6. The van der Waals surface area contributed by atoms with Crippen molar-refractivity contribution in [3.05, 3.63) is 40.0 Å². The summed E-state index contributed by atoms with van der Waals surface area (Å²) < 4.78 is 2.32. The van der Waals surface area contributed by atoms with Gasteiger partial charge in [-0.15, -0.1) is 0 Å². The smallest absolute Gasteiger partial charge is 0.339 e. The van der Waals surface area contributed by atoms with E-state index >= 15 is 0 Å². The van der Waals surface area contributed by atoms with Crippen molar-refractivity contribution in [1.29, 1.82) is 0 Å². The quantitative estimate of drug-likeness (QED) is 0.296. The van der Waals surface area contributed by atoms with E-state index in [-0.39, 0.29) is 36.6 Å². The summed E-state index contributed by atoms with van der Waals surface area (Å²) in [5.41, 5.74) is -0.681. The lowest BCUT2D eigenvalue weighted by atomic mass is 10.2. The fraction of sp³-hybridized carbons (Fsp3) is 0.308. The van der Waals surface area contributed by atoms with Crippen LogP contribution in [0.3, 0.4) is 0 Å². The van der Waals surface area contributed by atoms with Crippen LogP contribution in [-0.2, 0) is 18.4 Å². The number of nitro groups is 1. The van der Waals surface area contributed by atoms with Gasteiger partial charge in [0.25, 0.3) is 5.91 Å². The van der Waals surface area contributed by atoms with Crippen molar-refractivity contribution in [1.82, 2.24) is 30.2 Å². The van der Waals surface area contributed by atoms with Crippen LogP contribution in [0.25, 0.3) is 0 Å². The molecule has 0 radical (unpaired) electrons. The molecule has 0 aliphatic rings. The lowest BCUT2D eigenvalue weighted by Crippen LogP contribution is -2.36. The molecule has 13 nitrogen and oxygen atoms in total. The van der Waals surface area contributed by atoms with Gasteiger partial charge in [-0.25, -0.2) is 4.79 Å². The molecule has 0 spiro atoms. The van der Waals surface area contributed by atoms with Crippen molar-refractivity contribution in [3.63, 3.8) is 0 Å². The molecular formula is C13H15N7O6. The van der Waals surface area contributed by atoms with Crippen LogP contribution in [0, 0.1) is 10.1 Å². The van der Waals surface area contributed by atoms with Gasteiger partial charge >= 0.3 is 11.7 Å². The number of aromatic carboxylic acids is 1. The molecule has 0 fully saturated rings. The van der Waals surface area contributed by atoms with Gasteiger partial charge < -0.3 is 15.7 Å². The number of carboxylic acid groups (broad SMARTS) is 1. The lowest BCUT2D eigenvalue weighted by molar-refractivity contribution is -0.385. The summed E-state index contributed by atoms with van der Waals surface area (Å²) in [6, 6.07) is 0. The number of hydrogen-bond donors (Lipinski definition) is 3. The first-order valence-electron chi connectivity index (χ1n) is 7.26. The van der Waals surface area contributed by atoms with Crippen molar-refractivity contribution < 1.29 is 24.4 Å². The van der Waals surface area contributed by atoms with Crippen LogP contribution in [0.4, 0.5) is 5.69 Å². The Morgan fingerprint density at radius 2 is 1.96 bits per heavy atom. The van der Waals surface area contributed by atoms with Crippen LogP contribution in [-0.4, -0.2) is 60.5 Å². The van der Waals surface area contributed by atoms with Gasteiger partial charge in [-0.2, -0.15) is 10.2 Å². The first-order chi connectivity index (χ1) is 12.3. The minimum atomic E-state index is -1.27. The third kappa shape index (κ3) is 4.62. The first-order valence-corrected chi connectivity index (χ1v) is 7.26. The summed E-state index contributed by atoms with van der Waals surface area (Å²) >= 11 is 0. The predicted octanol–water partition coefficient (Wildman–Crippen LogP) is -1.23. The Balaban J connectivity index is 1.77. The highest BCUT2D eigenvalue weighted by atomic mass is 16.6. The zero-order valence-electron chi connectivity index (χ0n) is 13.6. The van der Waals surface area contributed by atoms with Gasteiger partial charge in [0.2, 0.25) is 5.91 Å². The number of carbonyl (C=O) groups is 3. The molecule has 0 atom stereocenters. The molecule has 2 amide bonds. The zero-order chi connectivity index (χ0) is 19.3. The molecule has 0 unspecified atom stereocenters. The van der Waals surface area contributed by atoms with Gasteiger partial charge in [0.05, 0.1) is 4.92 Å². The summed E-state index contributed by atoms with van der Waals surface area (Å²) in [5.74, 6) is -2.41. The molecule has 138 valence electrons. The molecule has 3 N–H and O–H groups in total. The number of hydrogen-bond acceptors (Lipinski definition) is 7. The minimum absolute atomic E-state index is 0.0411. The molecule has 0 aliphatic carbocycles. The van der Waals surface area contributed by atoms with Crippen LogP contribution in [0.1, 0.15) is 20.8 Å². The van der Waals surface area contributed by atoms with Crippen LogP contribution < -0.4 is 10.6 Å². The standard InChI is InChI=1S/C13H15N7O6/c1-18-6-9(13(23)24)11(17-18)12(22)15-3-2-14-10(21)7-19-5-8(4-16-19)20(25)26/h4-6H,2-3,7H2,1H3,(H,14,21)(H,15,22)(H,23,24). The highest BCUT2D eigenvalue weighted by molar-refractivity contribution is 6.03. The van der Waals surface area contributed by atoms with Crippen molar-refractivity contribution in [2.24, 2.45) is 7.05 Å². The van der Waals surface area contributed by atoms with E-state index in [2.05, 4.69) is 20.8 Å². The van der Waals surface area contributed by atoms with Gasteiger partial charge in [-0.05, 0) is 0 Å². The first kappa shape index (κ1) is 18.6. The molecule has 13 heteroatoms. The van der Waals surface area contributed by atoms with Crippen LogP contribution in [0.15, 0.2) is 18.6 Å². The van der Waals surface area contributed by atoms with Crippen molar-refractivity contribution in [2.45, 2.75) is 6.54 Å². The molecular weight excluding hydrogens is 350 g/mol. The third-order valence-electron chi connectivity index (χ3n) is 3.14. The number of rotatable bonds is 8. The van der Waals surface area contributed by atoms with Crippen LogP contribution >= 0.6 is 0 Å². The molecule has 0 saturated heterocycles. The van der Waals surface area contributed by atoms with Gasteiger partial charge in [0.1, 0.15) is 24.5 Å². The van der Waals surface area contributed by atoms with E-state index in [1.807, 2.05) is 0 Å². The van der Waals surface area contributed by atoms with Gasteiger partial charge in [-0.1, -0.05) is 0 Å². The molecule has 0 aliphatic heterocycles. The number of nitrogens with one attached hydrogen (secondary N) is 2. The Kier molecular flexibility index (Phi) is 5.62. The second-order valence-corrected chi connectivity index (χ2v) is 5.13. The summed E-state index contributed by atoms with van der Waals surface area (Å²) in [6.45, 7) is -0.103. The van der Waals surface area contributed by atoms with Gasteiger partial charge in [0.15, 0.2) is 5.69 Å². The number of nitrogens with zero attached hydrogens (tertiary/aromatic N) is 5. The highest BCUT2D eigenvalue weighted by Gasteiger charge is 2.20. The van der Waals surface area contributed by atoms with Crippen molar-refractivity contribution in [3.8, 4) is 0 Å². The topological polar surface area (TPSA) is 174 Å². The Hall–Kier alpha value is -3.77. The number of carbonyl (C=O) groups excluding carboxylic acids is 2. The number of aromatic nitrogens is 4. The fourth-order valence-electron chi connectivity index (χ4n) is 2.01. The molecule has 2 heterocycles. The number of aryl methyl sites for hydroxylation is 1. The van der Waals surface area contributed by atoms with E-state index in [0.29, 0.717) is 0 Å². The zero-order valence-corrected chi connectivity index (χ0v) is 13.6. The van der Waals surface area contributed by atoms with Crippen molar-refractivity contribution in [2.75, 3.05) is 13.1 Å². The van der Waals surface area contributed by atoms with E-state index in [0.717, 1.165) is 17.1 Å². The van der Waals surface area contributed by atoms with Crippen molar-refractivity contribution >= 4 is 23.5 Å². The number of carboxylic acids is 1. The van der Waals surface area contributed by atoms with E-state index < -0.39 is 22.7 Å². The molecule has 0 bridgehead atoms. The van der Waals surface area contributed by atoms with E-state index in [9.17, 15) is 24.5 Å². The average molecular weight is 365 g/mol. The average Bonchev–Trinajstić information content (AvgIpc) is 3.18. The molecule has 2 aromatic rings. The maximum atomic E-state index is 11.9. The predicted molar refractivity (Wildman–Crippen MR) is 84.4 cm³/mol. The normalized spacial score (nSPS) is 10.3. The highest BCUT2D eigenvalue weighted by Crippen LogP contribution is 2.07. The maximum absolute atomic E-state index is 11.9. The Morgan fingerprint density at radius 1 is 1.27 bits per heavy atom. The summed E-state index contributed by atoms with van der Waals surface area (Å²) in [5, 5.41) is 31.9. The molecule has 0 saturated carbocycles. The van der Waals surface area contributed by atoms with E-state index in [1.54, 1.807) is 0 Å². The molecule has 2 rings (SSSR count). The fourth-order valence-corrected chi connectivity index (χ4v) is 2.01. The number of amides is 2. The van der Waals surface area contributed by atoms with Crippen LogP contribution in [0.5, 0.6) is 0 Å². The molecule has 26 heavy (non-hydrogen) atoms. The lowest BCUT2D eigenvalue weighted by Gasteiger charge is -2.06. The maximum Gasteiger partial charge on any atom is 0.339 e. The second-order valence-electron chi connectivity index (χ2n) is 5.13. The second kappa shape index (κ2) is 7.87. The SMILES string of the molecule is Cn1cc(C(=O)O)c(C(=O)NCCNC(=O)Cn2cc([N+](=O)[O-])cn2)n1. The van der Waals surface area contributed by atoms with E-state index in [1.165, 1.54) is 17.9 Å².